The Kier molecular flexibility index (Phi) is 4.49. The smallest absolute Gasteiger partial charge is 0.322 e. The van der Waals surface area contributed by atoms with Crippen LogP contribution in [0, 0.1) is 18.3 Å². The number of rotatable bonds is 2. The molecule has 1 aromatic carbocycles. The van der Waals surface area contributed by atoms with Gasteiger partial charge in [0.1, 0.15) is 0 Å². The van der Waals surface area contributed by atoms with Crippen molar-refractivity contribution in [1.29, 1.82) is 0 Å². The summed E-state index contributed by atoms with van der Waals surface area (Å²) in [5.74, 6) is 1.36. The molecule has 21 heavy (non-hydrogen) atoms. The number of amides is 2. The molecular formula is C16H18N2O3. The first-order valence-corrected chi connectivity index (χ1v) is 6.88. The van der Waals surface area contributed by atoms with E-state index in [-0.39, 0.29) is 18.0 Å². The highest BCUT2D eigenvalue weighted by atomic mass is 16.4. The summed E-state index contributed by atoms with van der Waals surface area (Å²) in [4.78, 5) is 24.9. The molecule has 1 saturated heterocycles. The van der Waals surface area contributed by atoms with E-state index < -0.39 is 5.97 Å². The van der Waals surface area contributed by atoms with Crippen LogP contribution < -0.4 is 5.32 Å². The van der Waals surface area contributed by atoms with Gasteiger partial charge in [0.25, 0.3) is 0 Å². The zero-order chi connectivity index (χ0) is 15.4. The molecule has 5 nitrogen and oxygen atoms in total. The second-order valence-electron chi connectivity index (χ2n) is 5.26. The Morgan fingerprint density at radius 2 is 2.24 bits per heavy atom. The van der Waals surface area contributed by atoms with Crippen molar-refractivity contribution in [2.24, 2.45) is 5.92 Å². The van der Waals surface area contributed by atoms with Crippen LogP contribution in [-0.4, -0.2) is 34.6 Å². The van der Waals surface area contributed by atoms with E-state index in [2.05, 4.69) is 11.2 Å². The number of hydrogen-bond donors (Lipinski definition) is 2. The molecule has 2 unspecified atom stereocenters. The molecule has 0 bridgehead atoms. The van der Waals surface area contributed by atoms with Crippen molar-refractivity contribution >= 4 is 17.7 Å². The number of benzene rings is 1. The predicted octanol–water partition coefficient (Wildman–Crippen LogP) is 2.38. The molecule has 0 radical (unpaired) electrons. The molecule has 1 aromatic rings. The van der Waals surface area contributed by atoms with Crippen LogP contribution in [0.3, 0.4) is 0 Å². The maximum Gasteiger partial charge on any atom is 0.322 e. The number of carbonyl (C=O) groups is 2. The first-order valence-electron chi connectivity index (χ1n) is 6.88. The van der Waals surface area contributed by atoms with Gasteiger partial charge in [-0.1, -0.05) is 12.0 Å². The topological polar surface area (TPSA) is 69.6 Å². The molecule has 1 fully saturated rings. The highest BCUT2D eigenvalue weighted by molar-refractivity contribution is 5.90. The highest BCUT2D eigenvalue weighted by Crippen LogP contribution is 2.24. The average molecular weight is 286 g/mol. The van der Waals surface area contributed by atoms with E-state index in [4.69, 9.17) is 11.5 Å². The Morgan fingerprint density at radius 3 is 2.86 bits per heavy atom. The molecule has 0 saturated carbocycles. The summed E-state index contributed by atoms with van der Waals surface area (Å²) in [5.41, 5.74) is 1.34. The maximum atomic E-state index is 12.3. The number of carboxylic acids is 1. The average Bonchev–Trinajstić information content (AvgIpc) is 2.47. The first kappa shape index (κ1) is 14.9. The van der Waals surface area contributed by atoms with E-state index in [1.807, 2.05) is 6.92 Å². The van der Waals surface area contributed by atoms with E-state index in [0.717, 1.165) is 0 Å². The van der Waals surface area contributed by atoms with Crippen LogP contribution in [0.25, 0.3) is 0 Å². The zero-order valence-corrected chi connectivity index (χ0v) is 11.9. The Morgan fingerprint density at radius 1 is 1.48 bits per heavy atom. The fourth-order valence-corrected chi connectivity index (χ4v) is 2.58. The summed E-state index contributed by atoms with van der Waals surface area (Å²) in [5, 5.41) is 11.8. The van der Waals surface area contributed by atoms with Gasteiger partial charge in [0.2, 0.25) is 0 Å². The largest absolute Gasteiger partial charge is 0.481 e. The van der Waals surface area contributed by atoms with Crippen molar-refractivity contribution in [3.05, 3.63) is 29.8 Å². The van der Waals surface area contributed by atoms with Crippen molar-refractivity contribution in [3.63, 3.8) is 0 Å². The van der Waals surface area contributed by atoms with Crippen LogP contribution in [0.15, 0.2) is 24.3 Å². The molecular weight excluding hydrogens is 268 g/mol. The van der Waals surface area contributed by atoms with E-state index in [9.17, 15) is 9.59 Å². The number of nitrogens with zero attached hydrogens (tertiary/aromatic N) is 1. The SMILES string of the molecule is C#Cc1cccc(NC(=O)N2CCC(C(=O)O)CC2C)c1. The number of anilines is 1. The number of carboxylic acid groups (broad SMARTS) is 1. The zero-order valence-electron chi connectivity index (χ0n) is 11.9. The van der Waals surface area contributed by atoms with Crippen molar-refractivity contribution < 1.29 is 14.7 Å². The van der Waals surface area contributed by atoms with Gasteiger partial charge in [0, 0.05) is 23.8 Å². The van der Waals surface area contributed by atoms with Gasteiger partial charge in [-0.2, -0.15) is 0 Å². The highest BCUT2D eigenvalue weighted by Gasteiger charge is 2.32. The van der Waals surface area contributed by atoms with E-state index in [1.54, 1.807) is 29.2 Å². The summed E-state index contributed by atoms with van der Waals surface area (Å²) in [6.07, 6.45) is 6.29. The van der Waals surface area contributed by atoms with E-state index in [0.29, 0.717) is 30.6 Å². The van der Waals surface area contributed by atoms with Gasteiger partial charge in [-0.15, -0.1) is 6.42 Å². The lowest BCUT2D eigenvalue weighted by atomic mass is 9.92. The third-order valence-electron chi connectivity index (χ3n) is 3.77. The van der Waals surface area contributed by atoms with Gasteiger partial charge in [-0.3, -0.25) is 4.79 Å². The lowest BCUT2D eigenvalue weighted by molar-refractivity contribution is -0.143. The predicted molar refractivity (Wildman–Crippen MR) is 79.9 cm³/mol. The maximum absolute atomic E-state index is 12.3. The number of urea groups is 1. The minimum atomic E-state index is -0.788. The van der Waals surface area contributed by atoms with Gasteiger partial charge in [0.15, 0.2) is 0 Å². The number of aliphatic carboxylic acids is 1. The second-order valence-corrected chi connectivity index (χ2v) is 5.26. The van der Waals surface area contributed by atoms with Gasteiger partial charge in [0.05, 0.1) is 5.92 Å². The Bertz CT molecular complexity index is 591. The van der Waals surface area contributed by atoms with Crippen LogP contribution >= 0.6 is 0 Å². The van der Waals surface area contributed by atoms with Crippen LogP contribution in [0.4, 0.5) is 10.5 Å². The number of hydrogen-bond acceptors (Lipinski definition) is 2. The molecule has 0 spiro atoms. The van der Waals surface area contributed by atoms with Crippen LogP contribution in [0.1, 0.15) is 25.3 Å². The molecule has 2 N–H and O–H groups in total. The normalized spacial score (nSPS) is 21.4. The fourth-order valence-electron chi connectivity index (χ4n) is 2.58. The lowest BCUT2D eigenvalue weighted by Crippen LogP contribution is -2.47. The van der Waals surface area contributed by atoms with Crippen molar-refractivity contribution in [2.75, 3.05) is 11.9 Å². The summed E-state index contributed by atoms with van der Waals surface area (Å²) in [6.45, 7) is 2.31. The minimum Gasteiger partial charge on any atom is -0.481 e. The quantitative estimate of drug-likeness (QED) is 0.820. The molecule has 1 aliphatic heterocycles. The van der Waals surface area contributed by atoms with Crippen molar-refractivity contribution in [1.82, 2.24) is 4.90 Å². The minimum absolute atomic E-state index is 0.101. The summed E-state index contributed by atoms with van der Waals surface area (Å²) in [6, 6.07) is 6.75. The van der Waals surface area contributed by atoms with Crippen LogP contribution in [0.5, 0.6) is 0 Å². The molecule has 2 amide bonds. The number of likely N-dealkylation sites (tertiary alicyclic amines) is 1. The van der Waals surface area contributed by atoms with Crippen LogP contribution in [-0.2, 0) is 4.79 Å². The van der Waals surface area contributed by atoms with Crippen molar-refractivity contribution in [3.8, 4) is 12.3 Å². The van der Waals surface area contributed by atoms with Gasteiger partial charge in [-0.05, 0) is 38.0 Å². The fraction of sp³-hybridized carbons (Fsp3) is 0.375. The van der Waals surface area contributed by atoms with E-state index in [1.165, 1.54) is 0 Å². The van der Waals surface area contributed by atoms with Crippen LogP contribution in [0.2, 0.25) is 0 Å². The molecule has 2 atom stereocenters. The third kappa shape index (κ3) is 3.54. The molecule has 0 aliphatic carbocycles. The summed E-state index contributed by atoms with van der Waals surface area (Å²) in [7, 11) is 0. The standard InChI is InChI=1S/C16H18N2O3/c1-3-12-5-4-6-14(10-12)17-16(21)18-8-7-13(15(19)20)9-11(18)2/h1,4-6,10-11,13H,7-9H2,2H3,(H,17,21)(H,19,20). The van der Waals surface area contributed by atoms with E-state index >= 15 is 0 Å². The Balaban J connectivity index is 2.01. The number of terminal acetylenes is 1. The third-order valence-corrected chi connectivity index (χ3v) is 3.77. The molecule has 0 aromatic heterocycles. The Labute approximate surface area is 124 Å². The van der Waals surface area contributed by atoms with Crippen molar-refractivity contribution in [2.45, 2.75) is 25.8 Å². The first-order chi connectivity index (χ1) is 10.0. The summed E-state index contributed by atoms with van der Waals surface area (Å²) >= 11 is 0. The molecule has 1 aliphatic rings. The Hall–Kier alpha value is -2.48. The molecule has 5 heteroatoms. The summed E-state index contributed by atoms with van der Waals surface area (Å²) < 4.78 is 0. The molecule has 1 heterocycles. The molecule has 110 valence electrons. The second kappa shape index (κ2) is 6.31. The van der Waals surface area contributed by atoms with Gasteiger partial charge < -0.3 is 15.3 Å². The number of carbonyl (C=O) groups excluding carboxylic acids is 1. The number of piperidine rings is 1. The lowest BCUT2D eigenvalue weighted by Gasteiger charge is -2.36. The molecule has 2 rings (SSSR count). The van der Waals surface area contributed by atoms with Gasteiger partial charge >= 0.3 is 12.0 Å². The van der Waals surface area contributed by atoms with Gasteiger partial charge in [-0.25, -0.2) is 4.79 Å². The monoisotopic (exact) mass is 286 g/mol. The number of nitrogens with one attached hydrogen (secondary N) is 1.